The van der Waals surface area contributed by atoms with Crippen LogP contribution in [0.5, 0.6) is 0 Å². The van der Waals surface area contributed by atoms with Crippen LogP contribution in [0.4, 0.5) is 5.82 Å². The van der Waals surface area contributed by atoms with E-state index in [0.717, 1.165) is 42.0 Å². The van der Waals surface area contributed by atoms with Gasteiger partial charge in [0.25, 0.3) is 0 Å². The second-order valence-corrected chi connectivity index (χ2v) is 6.95. The predicted octanol–water partition coefficient (Wildman–Crippen LogP) is 1.63. The number of likely N-dealkylation sites (N-methyl/N-ethyl adjacent to an activating group) is 1. The van der Waals surface area contributed by atoms with Gasteiger partial charge in [-0.2, -0.15) is 0 Å². The maximum absolute atomic E-state index is 12.4. The van der Waals surface area contributed by atoms with Crippen LogP contribution < -0.4 is 15.5 Å². The van der Waals surface area contributed by atoms with Crippen LogP contribution in [0, 0.1) is 5.92 Å². The Morgan fingerprint density at radius 3 is 3.22 bits per heavy atom. The highest BCUT2D eigenvalue weighted by molar-refractivity contribution is 7.16. The zero-order chi connectivity index (χ0) is 16.2. The molecule has 2 N–H and O–H groups in total. The number of thiophene rings is 1. The molecule has 1 fully saturated rings. The van der Waals surface area contributed by atoms with Gasteiger partial charge in [-0.25, -0.2) is 9.97 Å². The minimum atomic E-state index is 0.0245. The second kappa shape index (κ2) is 7.23. The Hall–Kier alpha value is -1.73. The summed E-state index contributed by atoms with van der Waals surface area (Å²) in [5.74, 6) is 1.13. The molecule has 0 aliphatic carbocycles. The van der Waals surface area contributed by atoms with Gasteiger partial charge >= 0.3 is 0 Å². The van der Waals surface area contributed by atoms with Crippen LogP contribution in [0.15, 0.2) is 17.8 Å². The summed E-state index contributed by atoms with van der Waals surface area (Å²) < 4.78 is 0. The summed E-state index contributed by atoms with van der Waals surface area (Å²) in [6.07, 6.45) is 3.57. The molecule has 0 radical (unpaired) electrons. The number of nitrogens with one attached hydrogen (secondary N) is 2. The zero-order valence-electron chi connectivity index (χ0n) is 13.6. The first-order chi connectivity index (χ1) is 11.2. The normalized spacial score (nSPS) is 19.7. The van der Waals surface area contributed by atoms with Crippen molar-refractivity contribution in [1.29, 1.82) is 0 Å². The van der Waals surface area contributed by atoms with Crippen LogP contribution in [-0.2, 0) is 4.79 Å². The number of hydrogen-bond donors (Lipinski definition) is 2. The standard InChI is InChI=1S/C16H23N5OS/c1-11(17-2)8-18-15(22)12-4-3-6-21(9-12)14-13-5-7-23-16(13)20-10-19-14/h5,7,10-12,17H,3-4,6,8-9H2,1-2H3,(H,18,22). The van der Waals surface area contributed by atoms with Crippen LogP contribution in [-0.4, -0.2) is 48.6 Å². The van der Waals surface area contributed by atoms with Crippen LogP contribution in [0.25, 0.3) is 10.2 Å². The monoisotopic (exact) mass is 333 g/mol. The largest absolute Gasteiger partial charge is 0.355 e. The highest BCUT2D eigenvalue weighted by Gasteiger charge is 2.27. The zero-order valence-corrected chi connectivity index (χ0v) is 14.4. The molecule has 3 heterocycles. The molecule has 2 atom stereocenters. The summed E-state index contributed by atoms with van der Waals surface area (Å²) in [5, 5.41) is 9.31. The van der Waals surface area contributed by atoms with E-state index in [9.17, 15) is 4.79 Å². The molecule has 23 heavy (non-hydrogen) atoms. The van der Waals surface area contributed by atoms with Crippen LogP contribution in [0.3, 0.4) is 0 Å². The van der Waals surface area contributed by atoms with Crippen LogP contribution >= 0.6 is 11.3 Å². The van der Waals surface area contributed by atoms with E-state index < -0.39 is 0 Å². The summed E-state index contributed by atoms with van der Waals surface area (Å²) in [7, 11) is 1.90. The van der Waals surface area contributed by atoms with Gasteiger partial charge in [0.15, 0.2) is 0 Å². The molecule has 0 aromatic carbocycles. The van der Waals surface area contributed by atoms with E-state index in [1.165, 1.54) is 0 Å². The summed E-state index contributed by atoms with van der Waals surface area (Å²) in [5.41, 5.74) is 0. The quantitative estimate of drug-likeness (QED) is 0.870. The predicted molar refractivity (Wildman–Crippen MR) is 93.9 cm³/mol. The third kappa shape index (κ3) is 3.61. The minimum absolute atomic E-state index is 0.0245. The van der Waals surface area contributed by atoms with E-state index in [0.29, 0.717) is 6.54 Å². The maximum atomic E-state index is 12.4. The second-order valence-electron chi connectivity index (χ2n) is 6.06. The number of amides is 1. The number of hydrogen-bond acceptors (Lipinski definition) is 6. The first-order valence-corrected chi connectivity index (χ1v) is 8.95. The number of anilines is 1. The van der Waals surface area contributed by atoms with Crippen molar-refractivity contribution in [1.82, 2.24) is 20.6 Å². The summed E-state index contributed by atoms with van der Waals surface area (Å²) in [6, 6.07) is 2.35. The van der Waals surface area contributed by atoms with Gasteiger partial charge < -0.3 is 15.5 Å². The lowest BCUT2D eigenvalue weighted by Crippen LogP contribution is -2.46. The van der Waals surface area contributed by atoms with Crippen molar-refractivity contribution in [3.05, 3.63) is 17.8 Å². The average molecular weight is 333 g/mol. The summed E-state index contributed by atoms with van der Waals surface area (Å²) in [6.45, 7) is 4.39. The lowest BCUT2D eigenvalue weighted by Gasteiger charge is -2.33. The summed E-state index contributed by atoms with van der Waals surface area (Å²) in [4.78, 5) is 24.4. The van der Waals surface area contributed by atoms with Crippen molar-refractivity contribution < 1.29 is 4.79 Å². The van der Waals surface area contributed by atoms with E-state index in [2.05, 4.69) is 38.5 Å². The Morgan fingerprint density at radius 1 is 1.52 bits per heavy atom. The Balaban J connectivity index is 1.68. The first-order valence-electron chi connectivity index (χ1n) is 8.07. The topological polar surface area (TPSA) is 70.2 Å². The number of carbonyl (C=O) groups excluding carboxylic acids is 1. The SMILES string of the molecule is CNC(C)CNC(=O)C1CCCN(c2ncnc3sccc23)C1. The molecule has 2 aromatic rings. The average Bonchev–Trinajstić information content (AvgIpc) is 3.08. The Labute approximate surface area is 140 Å². The van der Waals surface area contributed by atoms with Crippen molar-refractivity contribution in [2.75, 3.05) is 31.6 Å². The molecule has 0 spiro atoms. The lowest BCUT2D eigenvalue weighted by atomic mass is 9.97. The highest BCUT2D eigenvalue weighted by Crippen LogP contribution is 2.29. The molecule has 2 unspecified atom stereocenters. The van der Waals surface area contributed by atoms with Gasteiger partial charge in [0.05, 0.1) is 11.3 Å². The molecule has 1 aliphatic rings. The molecule has 1 aliphatic heterocycles. The van der Waals surface area contributed by atoms with Crippen molar-refractivity contribution in [2.24, 2.45) is 5.92 Å². The first kappa shape index (κ1) is 16.1. The van der Waals surface area contributed by atoms with Gasteiger partial charge in [-0.15, -0.1) is 11.3 Å². The summed E-state index contributed by atoms with van der Waals surface area (Å²) >= 11 is 1.62. The van der Waals surface area contributed by atoms with Gasteiger partial charge in [0, 0.05) is 25.7 Å². The molecule has 3 rings (SSSR count). The van der Waals surface area contributed by atoms with Gasteiger partial charge in [0.1, 0.15) is 17.0 Å². The third-order valence-corrected chi connectivity index (χ3v) is 5.23. The molecule has 7 heteroatoms. The van der Waals surface area contributed by atoms with Crippen LogP contribution in [0.2, 0.25) is 0 Å². The van der Waals surface area contributed by atoms with Crippen LogP contribution in [0.1, 0.15) is 19.8 Å². The van der Waals surface area contributed by atoms with Crippen molar-refractivity contribution in [2.45, 2.75) is 25.8 Å². The Kier molecular flexibility index (Phi) is 5.07. The Morgan fingerprint density at radius 2 is 2.39 bits per heavy atom. The number of fused-ring (bicyclic) bond motifs is 1. The fourth-order valence-corrected chi connectivity index (χ4v) is 3.64. The molecule has 1 amide bonds. The van der Waals surface area contributed by atoms with Crippen molar-refractivity contribution >= 4 is 33.3 Å². The van der Waals surface area contributed by atoms with Gasteiger partial charge in [-0.05, 0) is 38.3 Å². The fraction of sp³-hybridized carbons (Fsp3) is 0.562. The molecule has 124 valence electrons. The van der Waals surface area contributed by atoms with E-state index in [4.69, 9.17) is 0 Å². The number of rotatable bonds is 5. The van der Waals surface area contributed by atoms with Gasteiger partial charge in [-0.1, -0.05) is 0 Å². The van der Waals surface area contributed by atoms with Gasteiger partial charge in [-0.3, -0.25) is 4.79 Å². The molecule has 2 aromatic heterocycles. The number of aromatic nitrogens is 2. The van der Waals surface area contributed by atoms with E-state index in [1.807, 2.05) is 12.4 Å². The highest BCUT2D eigenvalue weighted by atomic mass is 32.1. The number of piperidine rings is 1. The molecular weight excluding hydrogens is 310 g/mol. The van der Waals surface area contributed by atoms with E-state index in [-0.39, 0.29) is 17.9 Å². The van der Waals surface area contributed by atoms with Gasteiger partial charge in [0.2, 0.25) is 5.91 Å². The molecule has 0 bridgehead atoms. The van der Waals surface area contributed by atoms with Crippen molar-refractivity contribution in [3.63, 3.8) is 0 Å². The Bertz CT molecular complexity index is 673. The molecule has 6 nitrogen and oxygen atoms in total. The molecular formula is C16H23N5OS. The number of carbonyl (C=O) groups is 1. The molecule has 1 saturated heterocycles. The lowest BCUT2D eigenvalue weighted by molar-refractivity contribution is -0.125. The number of nitrogens with zero attached hydrogens (tertiary/aromatic N) is 3. The van der Waals surface area contributed by atoms with Crippen molar-refractivity contribution in [3.8, 4) is 0 Å². The fourth-order valence-electron chi connectivity index (χ4n) is 2.91. The van der Waals surface area contributed by atoms with E-state index in [1.54, 1.807) is 17.7 Å². The third-order valence-electron chi connectivity index (χ3n) is 4.41. The minimum Gasteiger partial charge on any atom is -0.355 e. The smallest absolute Gasteiger partial charge is 0.224 e. The maximum Gasteiger partial charge on any atom is 0.224 e. The van der Waals surface area contributed by atoms with E-state index >= 15 is 0 Å². The molecule has 0 saturated carbocycles.